The number of pyridine rings is 1. The lowest BCUT2D eigenvalue weighted by atomic mass is 9.63. The van der Waals surface area contributed by atoms with Crippen LogP contribution < -0.4 is 5.73 Å². The van der Waals surface area contributed by atoms with Crippen molar-refractivity contribution < 1.29 is 9.90 Å². The van der Waals surface area contributed by atoms with Crippen molar-refractivity contribution in [3.8, 4) is 0 Å². The second kappa shape index (κ2) is 10.1. The topological polar surface area (TPSA) is 76.2 Å². The Morgan fingerprint density at radius 1 is 0.825 bits per heavy atom. The number of hydrogen-bond donors (Lipinski definition) is 2. The van der Waals surface area contributed by atoms with Gasteiger partial charge in [0.15, 0.2) is 0 Å². The lowest BCUT2D eigenvalue weighted by molar-refractivity contribution is 0.0697. The van der Waals surface area contributed by atoms with E-state index in [2.05, 4.69) is 85.6 Å². The number of carbonyl (C=O) groups is 1. The lowest BCUT2D eigenvalue weighted by Crippen LogP contribution is -2.31. The van der Waals surface area contributed by atoms with Gasteiger partial charge in [-0.05, 0) is 98.8 Å². The number of anilines is 1. The first-order valence-corrected chi connectivity index (χ1v) is 13.7. The molecule has 1 aliphatic carbocycles. The molecule has 0 amide bonds. The summed E-state index contributed by atoms with van der Waals surface area (Å²) in [4.78, 5) is 14.7. The molecule has 198 valence electrons. The van der Waals surface area contributed by atoms with Crippen LogP contribution in [0.2, 0.25) is 0 Å². The number of nitrogen functional groups attached to an aromatic ring is 1. The van der Waals surface area contributed by atoms with E-state index in [4.69, 9.17) is 10.8 Å². The van der Waals surface area contributed by atoms with Crippen LogP contribution in [0, 0.1) is 5.41 Å². The van der Waals surface area contributed by atoms with Crippen LogP contribution in [0.4, 0.5) is 5.69 Å². The van der Waals surface area contributed by atoms with Gasteiger partial charge in [-0.2, -0.15) is 0 Å². The molecular weight excluding hydrogens is 492 g/mol. The predicted molar refractivity (Wildman–Crippen MR) is 165 cm³/mol. The maximum absolute atomic E-state index is 10.6. The highest BCUT2D eigenvalue weighted by molar-refractivity contribution is 6.08. The molecule has 0 aliphatic heterocycles. The number of rotatable bonds is 2. The monoisotopic (exact) mass is 524 g/mol. The number of nitrogens with two attached hydrogens (primary N) is 1. The summed E-state index contributed by atoms with van der Waals surface area (Å²) < 4.78 is 0. The summed E-state index contributed by atoms with van der Waals surface area (Å²) in [5.41, 5.74) is 12.6. The molecule has 1 aromatic heterocycles. The van der Waals surface area contributed by atoms with Crippen molar-refractivity contribution in [2.75, 3.05) is 5.73 Å². The first kappa shape index (κ1) is 25.6. The van der Waals surface area contributed by atoms with Gasteiger partial charge in [-0.3, -0.25) is 4.98 Å². The fraction of sp³-hybridized carbons (Fsp3) is 0.167. The third-order valence-electron chi connectivity index (χ3n) is 8.30. The van der Waals surface area contributed by atoms with Gasteiger partial charge in [0.1, 0.15) is 0 Å². The van der Waals surface area contributed by atoms with Crippen molar-refractivity contribution in [2.45, 2.75) is 32.6 Å². The molecule has 7 rings (SSSR count). The zero-order chi connectivity index (χ0) is 27.9. The summed E-state index contributed by atoms with van der Waals surface area (Å²) in [5.74, 6) is -0.419. The highest BCUT2D eigenvalue weighted by atomic mass is 16.4. The largest absolute Gasteiger partial charge is 0.478 e. The van der Waals surface area contributed by atoms with Gasteiger partial charge in [-0.25, -0.2) is 4.79 Å². The molecule has 0 saturated carbocycles. The van der Waals surface area contributed by atoms with Crippen molar-refractivity contribution in [3.63, 3.8) is 0 Å². The molecule has 0 radical (unpaired) electrons. The fourth-order valence-electron chi connectivity index (χ4n) is 6.22. The third-order valence-corrected chi connectivity index (χ3v) is 8.30. The minimum Gasteiger partial charge on any atom is -0.478 e. The molecule has 0 bridgehead atoms. The summed E-state index contributed by atoms with van der Waals surface area (Å²) in [6, 6.07) is 35.0. The Labute approximate surface area is 234 Å². The van der Waals surface area contributed by atoms with Gasteiger partial charge in [0.2, 0.25) is 0 Å². The van der Waals surface area contributed by atoms with E-state index in [9.17, 15) is 4.79 Å². The van der Waals surface area contributed by atoms with Crippen LogP contribution in [0.3, 0.4) is 0 Å². The number of fused-ring (bicyclic) bond motifs is 6. The second-order valence-electron chi connectivity index (χ2n) is 11.4. The number of carboxylic acid groups (broad SMARTS) is 1. The molecule has 0 fully saturated rings. The molecule has 3 N–H and O–H groups in total. The number of aromatic nitrogens is 1. The van der Waals surface area contributed by atoms with E-state index in [0.717, 1.165) is 29.4 Å². The predicted octanol–water partition coefficient (Wildman–Crippen LogP) is 8.42. The Bertz CT molecular complexity index is 1890. The molecule has 4 heteroatoms. The van der Waals surface area contributed by atoms with Crippen molar-refractivity contribution in [1.29, 1.82) is 0 Å². The standard InChI is InChI=1S/C26H25N.C10H7NO2/c1-26(2)16-24-18(15-25(26)19-7-5-8-20(27)14-19)11-13-22-21-9-4-3-6-17(21)10-12-23(22)24;12-10(13)8-3-4-9-7(6-8)2-1-5-11-9/h3-14,25H,15-16,27H2,1-2H3;1-6H,(H,12,13). The summed E-state index contributed by atoms with van der Waals surface area (Å²) >= 11 is 0. The minimum absolute atomic E-state index is 0.195. The zero-order valence-electron chi connectivity index (χ0n) is 22.8. The number of carboxylic acids is 1. The van der Waals surface area contributed by atoms with Gasteiger partial charge in [0.25, 0.3) is 0 Å². The normalized spacial score (nSPS) is 15.8. The average Bonchev–Trinajstić information content (AvgIpc) is 2.96. The smallest absolute Gasteiger partial charge is 0.335 e. The Hall–Kier alpha value is -4.70. The lowest BCUT2D eigenvalue weighted by Gasteiger charge is -2.41. The zero-order valence-corrected chi connectivity index (χ0v) is 22.8. The van der Waals surface area contributed by atoms with Crippen LogP contribution in [0.5, 0.6) is 0 Å². The molecule has 6 aromatic rings. The number of aromatic carboxylic acids is 1. The van der Waals surface area contributed by atoms with Crippen LogP contribution >= 0.6 is 0 Å². The molecule has 1 unspecified atom stereocenters. The maximum atomic E-state index is 10.6. The molecule has 40 heavy (non-hydrogen) atoms. The molecular formula is C36H32N2O2. The molecule has 4 nitrogen and oxygen atoms in total. The van der Waals surface area contributed by atoms with E-state index in [0.29, 0.717) is 11.5 Å². The molecule has 0 saturated heterocycles. The van der Waals surface area contributed by atoms with Crippen LogP contribution in [0.15, 0.2) is 109 Å². The molecule has 1 aliphatic rings. The number of hydrogen-bond acceptors (Lipinski definition) is 3. The Kier molecular flexibility index (Phi) is 6.47. The molecule has 0 spiro atoms. The first-order valence-electron chi connectivity index (χ1n) is 13.7. The quantitative estimate of drug-likeness (QED) is 0.176. The van der Waals surface area contributed by atoms with Crippen molar-refractivity contribution in [1.82, 2.24) is 4.98 Å². The summed E-state index contributed by atoms with van der Waals surface area (Å²) in [6.07, 6.45) is 3.86. The highest BCUT2D eigenvalue weighted by Crippen LogP contribution is 2.47. The molecule has 1 heterocycles. The van der Waals surface area contributed by atoms with Gasteiger partial charge in [-0.1, -0.05) is 80.6 Å². The summed E-state index contributed by atoms with van der Waals surface area (Å²) in [7, 11) is 0. The van der Waals surface area contributed by atoms with Crippen LogP contribution in [0.1, 0.15) is 46.8 Å². The third kappa shape index (κ3) is 4.77. The summed E-state index contributed by atoms with van der Waals surface area (Å²) in [5, 5.41) is 15.0. The second-order valence-corrected chi connectivity index (χ2v) is 11.4. The fourth-order valence-corrected chi connectivity index (χ4v) is 6.22. The maximum Gasteiger partial charge on any atom is 0.335 e. The summed E-state index contributed by atoms with van der Waals surface area (Å²) in [6.45, 7) is 4.81. The van der Waals surface area contributed by atoms with E-state index < -0.39 is 5.97 Å². The molecule has 5 aromatic carbocycles. The van der Waals surface area contributed by atoms with Gasteiger partial charge in [0, 0.05) is 17.3 Å². The first-order chi connectivity index (χ1) is 19.3. The van der Waals surface area contributed by atoms with E-state index in [1.54, 1.807) is 30.5 Å². The van der Waals surface area contributed by atoms with E-state index in [-0.39, 0.29) is 5.41 Å². The Morgan fingerprint density at radius 2 is 1.62 bits per heavy atom. The van der Waals surface area contributed by atoms with Gasteiger partial charge in [0.05, 0.1) is 11.1 Å². The van der Waals surface area contributed by atoms with Crippen LogP contribution in [-0.2, 0) is 12.8 Å². The van der Waals surface area contributed by atoms with Gasteiger partial charge in [-0.15, -0.1) is 0 Å². The van der Waals surface area contributed by atoms with Crippen LogP contribution in [0.25, 0.3) is 32.4 Å². The highest BCUT2D eigenvalue weighted by Gasteiger charge is 2.36. The van der Waals surface area contributed by atoms with Crippen molar-refractivity contribution in [3.05, 3.63) is 132 Å². The van der Waals surface area contributed by atoms with Crippen LogP contribution in [-0.4, -0.2) is 16.1 Å². The van der Waals surface area contributed by atoms with E-state index in [1.165, 1.54) is 38.2 Å². The number of nitrogens with zero attached hydrogens (tertiary/aromatic N) is 1. The molecule has 1 atom stereocenters. The van der Waals surface area contributed by atoms with Crippen molar-refractivity contribution in [2.24, 2.45) is 5.41 Å². The van der Waals surface area contributed by atoms with E-state index >= 15 is 0 Å². The SMILES string of the molecule is CC1(C)Cc2c(ccc3c2ccc2ccccc23)CC1c1cccc(N)c1.O=C(O)c1ccc2ncccc2c1. The van der Waals surface area contributed by atoms with Gasteiger partial charge < -0.3 is 10.8 Å². The Balaban J connectivity index is 0.000000187. The van der Waals surface area contributed by atoms with E-state index in [1.807, 2.05) is 12.1 Å². The Morgan fingerprint density at radius 3 is 2.45 bits per heavy atom. The van der Waals surface area contributed by atoms with Crippen molar-refractivity contribution >= 4 is 44.1 Å². The number of benzene rings is 5. The van der Waals surface area contributed by atoms with Gasteiger partial charge >= 0.3 is 5.97 Å². The minimum atomic E-state index is -0.911. The average molecular weight is 525 g/mol.